The van der Waals surface area contributed by atoms with Crippen molar-refractivity contribution in [2.45, 2.75) is 20.4 Å². The van der Waals surface area contributed by atoms with E-state index >= 15 is 0 Å². The maximum absolute atomic E-state index is 5.97. The van der Waals surface area contributed by atoms with Crippen LogP contribution in [-0.4, -0.2) is 6.54 Å². The second kappa shape index (κ2) is 6.98. The Labute approximate surface area is 129 Å². The van der Waals surface area contributed by atoms with Crippen molar-refractivity contribution in [1.82, 2.24) is 5.32 Å². The molecule has 2 aromatic rings. The first kappa shape index (κ1) is 15.2. The number of nitrogens with one attached hydrogen (secondary N) is 1. The van der Waals surface area contributed by atoms with E-state index in [9.17, 15) is 0 Å². The van der Waals surface area contributed by atoms with Crippen LogP contribution in [0.4, 0.5) is 0 Å². The number of aryl methyl sites for hydroxylation is 1. The molecule has 0 fully saturated rings. The zero-order valence-corrected chi connectivity index (χ0v) is 13.1. The van der Waals surface area contributed by atoms with E-state index in [-0.39, 0.29) is 0 Å². The average molecular weight is 310 g/mol. The van der Waals surface area contributed by atoms with Crippen LogP contribution in [0, 0.1) is 6.92 Å². The van der Waals surface area contributed by atoms with Crippen LogP contribution in [0.1, 0.15) is 18.1 Å². The molecule has 0 aliphatic heterocycles. The Hall–Kier alpha value is -1.22. The van der Waals surface area contributed by atoms with Crippen LogP contribution in [0.5, 0.6) is 11.5 Å². The Morgan fingerprint density at radius 2 is 1.75 bits per heavy atom. The summed E-state index contributed by atoms with van der Waals surface area (Å²) in [7, 11) is 0. The molecule has 0 bridgehead atoms. The van der Waals surface area contributed by atoms with Crippen molar-refractivity contribution in [3.05, 3.63) is 57.6 Å². The van der Waals surface area contributed by atoms with E-state index in [0.29, 0.717) is 15.8 Å². The van der Waals surface area contributed by atoms with Gasteiger partial charge in [-0.15, -0.1) is 0 Å². The van der Waals surface area contributed by atoms with Gasteiger partial charge in [0.15, 0.2) is 0 Å². The largest absolute Gasteiger partial charge is 0.457 e. The highest BCUT2D eigenvalue weighted by Crippen LogP contribution is 2.30. The SMILES string of the molecule is CCNCc1ccc(Oc2cc(Cl)cc(Cl)c2)c(C)c1. The molecule has 106 valence electrons. The minimum atomic E-state index is 0.564. The predicted molar refractivity (Wildman–Crippen MR) is 85.1 cm³/mol. The average Bonchev–Trinajstić information content (AvgIpc) is 2.38. The molecule has 2 aromatic carbocycles. The van der Waals surface area contributed by atoms with Crippen LogP contribution < -0.4 is 10.1 Å². The summed E-state index contributed by atoms with van der Waals surface area (Å²) in [5.74, 6) is 1.45. The summed E-state index contributed by atoms with van der Waals surface area (Å²) in [5, 5.41) is 4.43. The minimum Gasteiger partial charge on any atom is -0.457 e. The van der Waals surface area contributed by atoms with E-state index in [1.165, 1.54) is 5.56 Å². The molecule has 0 aliphatic carbocycles. The van der Waals surface area contributed by atoms with E-state index in [2.05, 4.69) is 24.4 Å². The van der Waals surface area contributed by atoms with Crippen molar-refractivity contribution in [1.29, 1.82) is 0 Å². The van der Waals surface area contributed by atoms with Crippen molar-refractivity contribution in [3.63, 3.8) is 0 Å². The number of hydrogen-bond acceptors (Lipinski definition) is 2. The molecule has 20 heavy (non-hydrogen) atoms. The fourth-order valence-corrected chi connectivity index (χ4v) is 2.43. The first-order valence-electron chi connectivity index (χ1n) is 6.52. The molecule has 0 saturated heterocycles. The van der Waals surface area contributed by atoms with Crippen LogP contribution in [-0.2, 0) is 6.54 Å². The van der Waals surface area contributed by atoms with Crippen LogP contribution >= 0.6 is 23.2 Å². The summed E-state index contributed by atoms with van der Waals surface area (Å²) in [6, 6.07) is 11.3. The molecule has 2 rings (SSSR count). The molecule has 0 heterocycles. The van der Waals surface area contributed by atoms with E-state index in [1.54, 1.807) is 18.2 Å². The van der Waals surface area contributed by atoms with Gasteiger partial charge in [-0.1, -0.05) is 42.3 Å². The molecule has 0 aliphatic rings. The molecule has 0 radical (unpaired) electrons. The maximum Gasteiger partial charge on any atom is 0.130 e. The Bertz CT molecular complexity index is 579. The summed E-state index contributed by atoms with van der Waals surface area (Å²) in [6.45, 7) is 5.93. The van der Waals surface area contributed by atoms with Crippen molar-refractivity contribution >= 4 is 23.2 Å². The maximum atomic E-state index is 5.97. The first-order valence-corrected chi connectivity index (χ1v) is 7.28. The molecule has 0 spiro atoms. The third-order valence-electron chi connectivity index (χ3n) is 2.88. The summed E-state index contributed by atoms with van der Waals surface area (Å²) >= 11 is 11.9. The number of rotatable bonds is 5. The lowest BCUT2D eigenvalue weighted by atomic mass is 10.1. The second-order valence-corrected chi connectivity index (χ2v) is 5.46. The van der Waals surface area contributed by atoms with Crippen LogP contribution in [0.25, 0.3) is 0 Å². The van der Waals surface area contributed by atoms with E-state index < -0.39 is 0 Å². The fourth-order valence-electron chi connectivity index (χ4n) is 1.92. The smallest absolute Gasteiger partial charge is 0.130 e. The molecule has 2 nitrogen and oxygen atoms in total. The molecule has 0 saturated carbocycles. The molecule has 0 amide bonds. The van der Waals surface area contributed by atoms with Gasteiger partial charge in [0.2, 0.25) is 0 Å². The van der Waals surface area contributed by atoms with Gasteiger partial charge in [-0.25, -0.2) is 0 Å². The van der Waals surface area contributed by atoms with Crippen molar-refractivity contribution in [3.8, 4) is 11.5 Å². The Morgan fingerprint density at radius 1 is 1.05 bits per heavy atom. The van der Waals surface area contributed by atoms with Gasteiger partial charge in [0.05, 0.1) is 0 Å². The van der Waals surface area contributed by atoms with E-state index in [4.69, 9.17) is 27.9 Å². The molecule has 0 atom stereocenters. The Kier molecular flexibility index (Phi) is 5.30. The lowest BCUT2D eigenvalue weighted by molar-refractivity contribution is 0.478. The van der Waals surface area contributed by atoms with Gasteiger partial charge in [0.25, 0.3) is 0 Å². The van der Waals surface area contributed by atoms with Crippen LogP contribution in [0.3, 0.4) is 0 Å². The summed E-state index contributed by atoms with van der Waals surface area (Å²) in [5.41, 5.74) is 2.32. The van der Waals surface area contributed by atoms with Gasteiger partial charge >= 0.3 is 0 Å². The molecule has 0 unspecified atom stereocenters. The van der Waals surface area contributed by atoms with Crippen LogP contribution in [0.15, 0.2) is 36.4 Å². The number of halogens is 2. The normalized spacial score (nSPS) is 10.6. The van der Waals surface area contributed by atoms with Gasteiger partial charge < -0.3 is 10.1 Å². The first-order chi connectivity index (χ1) is 9.58. The Morgan fingerprint density at radius 3 is 2.35 bits per heavy atom. The Balaban J connectivity index is 2.16. The molecule has 4 heteroatoms. The number of hydrogen-bond donors (Lipinski definition) is 1. The third kappa shape index (κ3) is 4.14. The minimum absolute atomic E-state index is 0.564. The van der Waals surface area contributed by atoms with Gasteiger partial charge in [0, 0.05) is 16.6 Å². The molecule has 1 N–H and O–H groups in total. The van der Waals surface area contributed by atoms with Gasteiger partial charge in [-0.2, -0.15) is 0 Å². The summed E-state index contributed by atoms with van der Waals surface area (Å²) < 4.78 is 5.84. The highest BCUT2D eigenvalue weighted by Gasteiger charge is 2.05. The monoisotopic (exact) mass is 309 g/mol. The summed E-state index contributed by atoms with van der Waals surface area (Å²) in [4.78, 5) is 0. The number of ether oxygens (including phenoxy) is 1. The lowest BCUT2D eigenvalue weighted by Gasteiger charge is -2.11. The van der Waals surface area contributed by atoms with E-state index in [1.807, 2.05) is 13.0 Å². The topological polar surface area (TPSA) is 21.3 Å². The fraction of sp³-hybridized carbons (Fsp3) is 0.250. The van der Waals surface area contributed by atoms with Gasteiger partial charge in [-0.05, 0) is 48.9 Å². The number of benzene rings is 2. The highest BCUT2D eigenvalue weighted by molar-refractivity contribution is 6.34. The lowest BCUT2D eigenvalue weighted by Crippen LogP contribution is -2.11. The predicted octanol–water partition coefficient (Wildman–Crippen LogP) is 5.20. The highest BCUT2D eigenvalue weighted by atomic mass is 35.5. The second-order valence-electron chi connectivity index (χ2n) is 4.59. The zero-order valence-electron chi connectivity index (χ0n) is 11.5. The van der Waals surface area contributed by atoms with Crippen molar-refractivity contribution in [2.24, 2.45) is 0 Å². The van der Waals surface area contributed by atoms with Crippen molar-refractivity contribution in [2.75, 3.05) is 6.54 Å². The summed E-state index contributed by atoms with van der Waals surface area (Å²) in [6.07, 6.45) is 0. The van der Waals surface area contributed by atoms with Crippen molar-refractivity contribution < 1.29 is 4.74 Å². The van der Waals surface area contributed by atoms with Gasteiger partial charge in [0.1, 0.15) is 11.5 Å². The quantitative estimate of drug-likeness (QED) is 0.819. The molecule has 0 aromatic heterocycles. The molecular weight excluding hydrogens is 293 g/mol. The standard InChI is InChI=1S/C16H17Cl2NO/c1-3-19-10-12-4-5-16(11(2)6-12)20-15-8-13(17)7-14(18)9-15/h4-9,19H,3,10H2,1-2H3. The van der Waals surface area contributed by atoms with E-state index in [0.717, 1.165) is 24.4 Å². The molecular formula is C16H17Cl2NO. The van der Waals surface area contributed by atoms with Gasteiger partial charge in [-0.3, -0.25) is 0 Å². The third-order valence-corrected chi connectivity index (χ3v) is 3.32. The zero-order chi connectivity index (χ0) is 14.5. The van der Waals surface area contributed by atoms with Crippen LogP contribution in [0.2, 0.25) is 10.0 Å².